The summed E-state index contributed by atoms with van der Waals surface area (Å²) in [5.41, 5.74) is 7.81. The first kappa shape index (κ1) is 14.8. The predicted molar refractivity (Wildman–Crippen MR) is 79.7 cm³/mol. The molecular weight excluding hydrogens is 277 g/mol. The molecule has 2 nitrogen and oxygen atoms in total. The highest BCUT2D eigenvalue weighted by molar-refractivity contribution is 6.31. The maximum Gasteiger partial charge on any atom is 0.142 e. The normalized spacial score (nSPS) is 12.2. The quantitative estimate of drug-likeness (QED) is 0.900. The lowest BCUT2D eigenvalue weighted by molar-refractivity contribution is 0.334. The average Bonchev–Trinajstić information content (AvgIpc) is 2.45. The van der Waals surface area contributed by atoms with Gasteiger partial charge in [0.1, 0.15) is 11.6 Å². The van der Waals surface area contributed by atoms with Gasteiger partial charge < -0.3 is 10.5 Å². The van der Waals surface area contributed by atoms with Crippen LogP contribution >= 0.6 is 11.6 Å². The third-order valence-corrected chi connectivity index (χ3v) is 3.51. The van der Waals surface area contributed by atoms with Crippen molar-refractivity contribution in [2.24, 2.45) is 5.73 Å². The summed E-state index contributed by atoms with van der Waals surface area (Å²) >= 11 is 5.96. The summed E-state index contributed by atoms with van der Waals surface area (Å²) in [6.07, 6.45) is 0.459. The molecule has 0 aliphatic carbocycles. The lowest BCUT2D eigenvalue weighted by atomic mass is 9.99. The first-order valence-corrected chi connectivity index (χ1v) is 6.91. The maximum atomic E-state index is 13.4. The van der Waals surface area contributed by atoms with Crippen molar-refractivity contribution in [1.82, 2.24) is 0 Å². The molecule has 0 heterocycles. The Morgan fingerprint density at radius 1 is 1.20 bits per heavy atom. The molecule has 2 aromatic carbocycles. The van der Waals surface area contributed by atoms with Crippen LogP contribution in [0.1, 0.15) is 24.1 Å². The van der Waals surface area contributed by atoms with Crippen molar-refractivity contribution in [3.63, 3.8) is 0 Å². The van der Waals surface area contributed by atoms with Crippen LogP contribution in [-0.4, -0.2) is 6.61 Å². The highest BCUT2D eigenvalue weighted by Gasteiger charge is 2.15. The van der Waals surface area contributed by atoms with E-state index < -0.39 is 5.82 Å². The van der Waals surface area contributed by atoms with Crippen molar-refractivity contribution in [1.29, 1.82) is 0 Å². The summed E-state index contributed by atoms with van der Waals surface area (Å²) in [7, 11) is 0. The molecule has 2 aromatic rings. The van der Waals surface area contributed by atoms with E-state index in [1.165, 1.54) is 6.07 Å². The molecule has 0 amide bonds. The molecule has 0 aliphatic heterocycles. The number of benzene rings is 2. The van der Waals surface area contributed by atoms with Crippen LogP contribution in [0.5, 0.6) is 5.75 Å². The third kappa shape index (κ3) is 3.30. The van der Waals surface area contributed by atoms with Crippen LogP contribution in [-0.2, 0) is 6.42 Å². The van der Waals surface area contributed by atoms with Crippen molar-refractivity contribution in [2.45, 2.75) is 19.4 Å². The molecule has 106 valence electrons. The van der Waals surface area contributed by atoms with E-state index in [1.807, 2.05) is 31.2 Å². The Bertz CT molecular complexity index is 588. The van der Waals surface area contributed by atoms with Crippen molar-refractivity contribution in [3.8, 4) is 5.75 Å². The first-order valence-electron chi connectivity index (χ1n) is 6.53. The highest BCUT2D eigenvalue weighted by Crippen LogP contribution is 2.29. The Morgan fingerprint density at radius 2 is 1.95 bits per heavy atom. The molecule has 4 heteroatoms. The van der Waals surface area contributed by atoms with Crippen LogP contribution in [0.25, 0.3) is 0 Å². The summed E-state index contributed by atoms with van der Waals surface area (Å²) < 4.78 is 19.0. The van der Waals surface area contributed by atoms with Gasteiger partial charge in [-0.1, -0.05) is 41.9 Å². The van der Waals surface area contributed by atoms with Crippen molar-refractivity contribution in [2.75, 3.05) is 6.61 Å². The number of para-hydroxylation sites is 1. The summed E-state index contributed by atoms with van der Waals surface area (Å²) in [5.74, 6) is 0.337. The number of hydrogen-bond acceptors (Lipinski definition) is 2. The average molecular weight is 294 g/mol. The standard InChI is InChI=1S/C16H17ClFNO/c1-2-20-15-9-4-3-7-12(15)14(19)10-11-6-5-8-13(18)16(11)17/h3-9,14H,2,10,19H2,1H3. The van der Waals surface area contributed by atoms with E-state index in [4.69, 9.17) is 22.1 Å². The van der Waals surface area contributed by atoms with Gasteiger partial charge in [0.2, 0.25) is 0 Å². The van der Waals surface area contributed by atoms with Crippen molar-refractivity contribution in [3.05, 3.63) is 64.4 Å². The zero-order valence-electron chi connectivity index (χ0n) is 11.3. The third-order valence-electron chi connectivity index (χ3n) is 3.09. The molecular formula is C16H17ClFNO. The van der Waals surface area contributed by atoms with E-state index in [9.17, 15) is 4.39 Å². The van der Waals surface area contributed by atoms with Gasteiger partial charge in [-0.15, -0.1) is 0 Å². The molecule has 1 atom stereocenters. The van der Waals surface area contributed by atoms with Crippen LogP contribution < -0.4 is 10.5 Å². The zero-order chi connectivity index (χ0) is 14.5. The summed E-state index contributed by atoms with van der Waals surface area (Å²) in [6.45, 7) is 2.50. The first-order chi connectivity index (χ1) is 9.63. The van der Waals surface area contributed by atoms with E-state index in [0.717, 1.165) is 11.3 Å². The van der Waals surface area contributed by atoms with Gasteiger partial charge in [-0.05, 0) is 31.0 Å². The predicted octanol–water partition coefficient (Wildman–Crippen LogP) is 4.12. The molecule has 0 aromatic heterocycles. The molecule has 0 fully saturated rings. The van der Waals surface area contributed by atoms with Crippen LogP contribution in [0.3, 0.4) is 0 Å². The monoisotopic (exact) mass is 293 g/mol. The lowest BCUT2D eigenvalue weighted by Crippen LogP contribution is -2.15. The van der Waals surface area contributed by atoms with Gasteiger partial charge in [-0.3, -0.25) is 0 Å². The van der Waals surface area contributed by atoms with E-state index in [2.05, 4.69) is 0 Å². The van der Waals surface area contributed by atoms with Crippen molar-refractivity contribution >= 4 is 11.6 Å². The SMILES string of the molecule is CCOc1ccccc1C(N)Cc1cccc(F)c1Cl. The fraction of sp³-hybridized carbons (Fsp3) is 0.250. The number of nitrogens with two attached hydrogens (primary N) is 1. The zero-order valence-corrected chi connectivity index (χ0v) is 12.0. The number of rotatable bonds is 5. The van der Waals surface area contributed by atoms with Crippen LogP contribution in [0.4, 0.5) is 4.39 Å². The molecule has 2 N–H and O–H groups in total. The lowest BCUT2D eigenvalue weighted by Gasteiger charge is -2.17. The van der Waals surface area contributed by atoms with Gasteiger partial charge in [0.15, 0.2) is 0 Å². The van der Waals surface area contributed by atoms with Crippen LogP contribution in [0.15, 0.2) is 42.5 Å². The summed E-state index contributed by atoms with van der Waals surface area (Å²) in [4.78, 5) is 0. The van der Waals surface area contributed by atoms with Gasteiger partial charge in [0.25, 0.3) is 0 Å². The minimum absolute atomic E-state index is 0.136. The number of hydrogen-bond donors (Lipinski definition) is 1. The maximum absolute atomic E-state index is 13.4. The minimum Gasteiger partial charge on any atom is -0.494 e. The van der Waals surface area contributed by atoms with Crippen molar-refractivity contribution < 1.29 is 9.13 Å². The molecule has 2 rings (SSSR count). The topological polar surface area (TPSA) is 35.2 Å². The molecule has 0 bridgehead atoms. The highest BCUT2D eigenvalue weighted by atomic mass is 35.5. The van der Waals surface area contributed by atoms with E-state index >= 15 is 0 Å². The molecule has 20 heavy (non-hydrogen) atoms. The molecule has 0 aliphatic rings. The largest absolute Gasteiger partial charge is 0.494 e. The molecule has 1 unspecified atom stereocenters. The Morgan fingerprint density at radius 3 is 2.70 bits per heavy atom. The molecule has 0 spiro atoms. The van der Waals surface area contributed by atoms with Gasteiger partial charge in [0.05, 0.1) is 11.6 Å². The smallest absolute Gasteiger partial charge is 0.142 e. The van der Waals surface area contributed by atoms with E-state index in [1.54, 1.807) is 12.1 Å². The van der Waals surface area contributed by atoms with Crippen LogP contribution in [0, 0.1) is 5.82 Å². The Hall–Kier alpha value is -1.58. The van der Waals surface area contributed by atoms with Gasteiger partial charge in [-0.2, -0.15) is 0 Å². The van der Waals surface area contributed by atoms with Gasteiger partial charge in [-0.25, -0.2) is 4.39 Å². The molecule has 0 saturated heterocycles. The van der Waals surface area contributed by atoms with E-state index in [0.29, 0.717) is 18.6 Å². The molecule has 0 radical (unpaired) electrons. The van der Waals surface area contributed by atoms with Crippen LogP contribution in [0.2, 0.25) is 5.02 Å². The Balaban J connectivity index is 2.24. The molecule has 0 saturated carbocycles. The second-order valence-electron chi connectivity index (χ2n) is 4.49. The van der Waals surface area contributed by atoms with Gasteiger partial charge >= 0.3 is 0 Å². The second kappa shape index (κ2) is 6.73. The minimum atomic E-state index is -0.422. The fourth-order valence-corrected chi connectivity index (χ4v) is 2.33. The summed E-state index contributed by atoms with van der Waals surface area (Å²) in [5, 5.41) is 0.136. The second-order valence-corrected chi connectivity index (χ2v) is 4.87. The fourth-order valence-electron chi connectivity index (χ4n) is 2.13. The Kier molecular flexibility index (Phi) is 4.99. The number of halogens is 2. The van der Waals surface area contributed by atoms with E-state index in [-0.39, 0.29) is 11.1 Å². The van der Waals surface area contributed by atoms with Gasteiger partial charge in [0, 0.05) is 11.6 Å². The number of ether oxygens (including phenoxy) is 1. The Labute approximate surface area is 123 Å². The summed E-state index contributed by atoms with van der Waals surface area (Å²) in [6, 6.07) is 12.1.